The van der Waals surface area contributed by atoms with Crippen molar-refractivity contribution < 1.29 is 18.1 Å². The van der Waals surface area contributed by atoms with Crippen molar-refractivity contribution >= 4 is 33.0 Å². The van der Waals surface area contributed by atoms with Crippen LogP contribution in [0.4, 0.5) is 17.1 Å². The predicted octanol–water partition coefficient (Wildman–Crippen LogP) is 2.69. The van der Waals surface area contributed by atoms with Crippen molar-refractivity contribution in [2.24, 2.45) is 0 Å². The molecule has 1 heterocycles. The summed E-state index contributed by atoms with van der Waals surface area (Å²) in [6.07, 6.45) is 1.69. The Balaban J connectivity index is 1.89. The molecule has 0 saturated heterocycles. The number of amides is 1. The molecule has 1 aliphatic rings. The van der Waals surface area contributed by atoms with Crippen LogP contribution in [-0.2, 0) is 21.2 Å². The molecule has 1 aliphatic heterocycles. The van der Waals surface area contributed by atoms with Crippen molar-refractivity contribution in [3.8, 4) is 0 Å². The minimum atomic E-state index is -3.90. The number of aryl methyl sites for hydroxylation is 1. The Morgan fingerprint density at radius 2 is 1.88 bits per heavy atom. The summed E-state index contributed by atoms with van der Waals surface area (Å²) >= 11 is 0. The van der Waals surface area contributed by atoms with Crippen LogP contribution in [0.1, 0.15) is 18.9 Å². The topological polar surface area (TPSA) is 110 Å². The van der Waals surface area contributed by atoms with Crippen LogP contribution < -0.4 is 9.62 Å². The standard InChI is InChI=1S/C17H17N3O5S/c1-12(21)19-10-2-3-13-4-5-14(11-17(13)19)18-26(24,25)16-8-6-15(7-9-16)20(22)23/h4-9,11,18H,2-3,10H2,1H3. The number of non-ortho nitro benzene ring substituents is 1. The van der Waals surface area contributed by atoms with E-state index in [9.17, 15) is 23.3 Å². The third-order valence-electron chi connectivity index (χ3n) is 4.19. The number of nitrogens with one attached hydrogen (secondary N) is 1. The van der Waals surface area contributed by atoms with Crippen LogP contribution in [-0.4, -0.2) is 25.8 Å². The lowest BCUT2D eigenvalue weighted by Crippen LogP contribution is -2.33. The van der Waals surface area contributed by atoms with Crippen LogP contribution in [0.5, 0.6) is 0 Å². The zero-order valence-electron chi connectivity index (χ0n) is 14.0. The first kappa shape index (κ1) is 17.9. The second kappa shape index (κ2) is 6.75. The van der Waals surface area contributed by atoms with Gasteiger partial charge in [0.05, 0.1) is 15.5 Å². The smallest absolute Gasteiger partial charge is 0.269 e. The minimum absolute atomic E-state index is 0.0794. The molecular weight excluding hydrogens is 358 g/mol. The fourth-order valence-corrected chi connectivity index (χ4v) is 3.98. The first-order valence-corrected chi connectivity index (χ1v) is 9.44. The molecule has 1 amide bonds. The van der Waals surface area contributed by atoms with Crippen LogP contribution in [0, 0.1) is 10.1 Å². The number of anilines is 2. The Hall–Kier alpha value is -2.94. The molecule has 0 radical (unpaired) electrons. The average Bonchev–Trinajstić information content (AvgIpc) is 2.60. The van der Waals surface area contributed by atoms with Crippen LogP contribution >= 0.6 is 0 Å². The summed E-state index contributed by atoms with van der Waals surface area (Å²) in [6, 6.07) is 9.72. The molecule has 2 aromatic rings. The van der Waals surface area contributed by atoms with Crippen molar-refractivity contribution in [1.82, 2.24) is 0 Å². The first-order chi connectivity index (χ1) is 12.3. The maximum Gasteiger partial charge on any atom is 0.269 e. The Morgan fingerprint density at radius 1 is 1.19 bits per heavy atom. The lowest BCUT2D eigenvalue weighted by molar-refractivity contribution is -0.384. The second-order valence-corrected chi connectivity index (χ2v) is 7.66. The van der Waals surface area contributed by atoms with Gasteiger partial charge in [0.25, 0.3) is 15.7 Å². The molecule has 9 heteroatoms. The van der Waals surface area contributed by atoms with E-state index in [1.165, 1.54) is 19.1 Å². The van der Waals surface area contributed by atoms with Crippen molar-refractivity contribution in [3.63, 3.8) is 0 Å². The molecule has 0 aliphatic carbocycles. The van der Waals surface area contributed by atoms with Gasteiger partial charge in [0.15, 0.2) is 0 Å². The number of hydrogen-bond acceptors (Lipinski definition) is 5. The van der Waals surface area contributed by atoms with Crippen LogP contribution in [0.2, 0.25) is 0 Å². The SMILES string of the molecule is CC(=O)N1CCCc2ccc(NS(=O)(=O)c3ccc([N+](=O)[O-])cc3)cc21. The molecule has 0 unspecified atom stereocenters. The van der Waals surface area contributed by atoms with E-state index in [0.717, 1.165) is 30.5 Å². The maximum atomic E-state index is 12.5. The van der Waals surface area contributed by atoms with Gasteiger partial charge < -0.3 is 4.90 Å². The molecule has 2 aromatic carbocycles. The number of carbonyl (C=O) groups excluding carboxylic acids is 1. The third kappa shape index (κ3) is 3.52. The largest absolute Gasteiger partial charge is 0.312 e. The summed E-state index contributed by atoms with van der Waals surface area (Å²) in [5.74, 6) is -0.0960. The number of fused-ring (bicyclic) bond motifs is 1. The number of carbonyl (C=O) groups is 1. The highest BCUT2D eigenvalue weighted by Gasteiger charge is 2.22. The number of nitro benzene ring substituents is 1. The van der Waals surface area contributed by atoms with Gasteiger partial charge in [-0.1, -0.05) is 6.07 Å². The van der Waals surface area contributed by atoms with Gasteiger partial charge in [0.1, 0.15) is 0 Å². The highest BCUT2D eigenvalue weighted by atomic mass is 32.2. The number of nitro groups is 1. The normalized spacial score (nSPS) is 13.8. The van der Waals surface area contributed by atoms with E-state index in [1.807, 2.05) is 0 Å². The Bertz CT molecular complexity index is 970. The monoisotopic (exact) mass is 375 g/mol. The molecule has 0 aromatic heterocycles. The predicted molar refractivity (Wildman–Crippen MR) is 96.7 cm³/mol. The van der Waals surface area contributed by atoms with E-state index in [0.29, 0.717) is 17.9 Å². The number of nitrogens with zero attached hydrogens (tertiary/aromatic N) is 2. The molecule has 0 atom stereocenters. The fraction of sp³-hybridized carbons (Fsp3) is 0.235. The third-order valence-corrected chi connectivity index (χ3v) is 5.59. The van der Waals surface area contributed by atoms with E-state index in [2.05, 4.69) is 4.72 Å². The maximum absolute atomic E-state index is 12.5. The molecule has 0 spiro atoms. The van der Waals surface area contributed by atoms with Crippen molar-refractivity contribution in [3.05, 3.63) is 58.1 Å². The van der Waals surface area contributed by atoms with Gasteiger partial charge in [-0.2, -0.15) is 0 Å². The minimum Gasteiger partial charge on any atom is -0.312 e. The van der Waals surface area contributed by atoms with Crippen molar-refractivity contribution in [2.45, 2.75) is 24.7 Å². The van der Waals surface area contributed by atoms with Gasteiger partial charge in [-0.25, -0.2) is 8.42 Å². The van der Waals surface area contributed by atoms with Gasteiger partial charge >= 0.3 is 0 Å². The van der Waals surface area contributed by atoms with Crippen molar-refractivity contribution in [1.29, 1.82) is 0 Å². The van der Waals surface area contributed by atoms with Gasteiger partial charge in [-0.15, -0.1) is 0 Å². The zero-order chi connectivity index (χ0) is 18.9. The molecule has 8 nitrogen and oxygen atoms in total. The Kier molecular flexibility index (Phi) is 4.64. The van der Waals surface area contributed by atoms with E-state index < -0.39 is 14.9 Å². The Labute approximate surface area is 150 Å². The van der Waals surface area contributed by atoms with E-state index in [4.69, 9.17) is 0 Å². The zero-order valence-corrected chi connectivity index (χ0v) is 14.8. The summed E-state index contributed by atoms with van der Waals surface area (Å²) in [7, 11) is -3.90. The number of benzene rings is 2. The van der Waals surface area contributed by atoms with Crippen molar-refractivity contribution in [2.75, 3.05) is 16.2 Å². The quantitative estimate of drug-likeness (QED) is 0.653. The molecule has 0 bridgehead atoms. The highest BCUT2D eigenvalue weighted by molar-refractivity contribution is 7.92. The summed E-state index contributed by atoms with van der Waals surface area (Å²) in [5, 5.41) is 10.7. The van der Waals surface area contributed by atoms with E-state index in [-0.39, 0.29) is 16.5 Å². The summed E-state index contributed by atoms with van der Waals surface area (Å²) < 4.78 is 27.5. The molecule has 1 N–H and O–H groups in total. The molecule has 0 saturated carbocycles. The van der Waals surface area contributed by atoms with Gasteiger partial charge in [-0.05, 0) is 42.7 Å². The number of rotatable bonds is 4. The lowest BCUT2D eigenvalue weighted by atomic mass is 10.0. The molecule has 3 rings (SSSR count). The number of hydrogen-bond donors (Lipinski definition) is 1. The summed E-state index contributed by atoms with van der Waals surface area (Å²) in [6.45, 7) is 2.07. The molecule has 0 fully saturated rings. The highest BCUT2D eigenvalue weighted by Crippen LogP contribution is 2.31. The fourth-order valence-electron chi connectivity index (χ4n) is 2.93. The summed E-state index contributed by atoms with van der Waals surface area (Å²) in [5.41, 5.74) is 1.84. The number of sulfonamides is 1. The van der Waals surface area contributed by atoms with E-state index in [1.54, 1.807) is 23.1 Å². The first-order valence-electron chi connectivity index (χ1n) is 7.96. The summed E-state index contributed by atoms with van der Waals surface area (Å²) in [4.78, 5) is 23.4. The van der Waals surface area contributed by atoms with Crippen LogP contribution in [0.3, 0.4) is 0 Å². The van der Waals surface area contributed by atoms with Crippen LogP contribution in [0.15, 0.2) is 47.4 Å². The van der Waals surface area contributed by atoms with Gasteiger partial charge in [-0.3, -0.25) is 19.6 Å². The molecular formula is C17H17N3O5S. The Morgan fingerprint density at radius 3 is 2.50 bits per heavy atom. The van der Waals surface area contributed by atoms with Gasteiger partial charge in [0.2, 0.25) is 5.91 Å². The van der Waals surface area contributed by atoms with Crippen LogP contribution in [0.25, 0.3) is 0 Å². The molecule has 136 valence electrons. The second-order valence-electron chi connectivity index (χ2n) is 5.97. The average molecular weight is 375 g/mol. The lowest BCUT2D eigenvalue weighted by Gasteiger charge is -2.29. The van der Waals surface area contributed by atoms with Gasteiger partial charge in [0, 0.05) is 31.3 Å². The molecule has 26 heavy (non-hydrogen) atoms. The van der Waals surface area contributed by atoms with E-state index >= 15 is 0 Å².